The number of anilines is 1. The fraction of sp³-hybridized carbons (Fsp3) is 0.300. The van der Waals surface area contributed by atoms with Crippen molar-refractivity contribution in [1.29, 1.82) is 0 Å². The highest BCUT2D eigenvalue weighted by Crippen LogP contribution is 2.65. The standard InChI is InChI=1S/C10H16N5O11P3/c1-2-6(3-15-4-12-7-8(15)13-10(11)14-9(7)16)24-5-27(17,18)25-29(22,23)26-28(19,20)21/h2,4,6H,1,3,5H2,(H,17,18)(H,22,23)(H2,19,20,21)(H3,11,13,14,16). The normalized spacial score (nSPS) is 17.5. The van der Waals surface area contributed by atoms with Crippen LogP contribution in [0.4, 0.5) is 5.95 Å². The molecule has 0 saturated carbocycles. The second-order valence-electron chi connectivity index (χ2n) is 5.35. The van der Waals surface area contributed by atoms with Crippen LogP contribution in [0.2, 0.25) is 0 Å². The number of H-pyrrole nitrogens is 1. The summed E-state index contributed by atoms with van der Waals surface area (Å²) in [7, 11) is -16.0. The average Bonchev–Trinajstić information content (AvgIpc) is 2.90. The molecule has 16 nitrogen and oxygen atoms in total. The maximum atomic E-state index is 11.9. The Morgan fingerprint density at radius 3 is 2.52 bits per heavy atom. The zero-order chi connectivity index (χ0) is 22.0. The molecule has 7 N–H and O–H groups in total. The molecule has 2 aromatic heterocycles. The van der Waals surface area contributed by atoms with Gasteiger partial charge in [-0.05, 0) is 0 Å². The highest BCUT2D eigenvalue weighted by Gasteiger charge is 2.39. The Kier molecular flexibility index (Phi) is 6.97. The van der Waals surface area contributed by atoms with E-state index in [1.807, 2.05) is 0 Å². The van der Waals surface area contributed by atoms with Gasteiger partial charge in [0, 0.05) is 0 Å². The summed E-state index contributed by atoms with van der Waals surface area (Å²) in [5.41, 5.74) is 4.96. The van der Waals surface area contributed by atoms with Gasteiger partial charge < -0.3 is 34.6 Å². The summed E-state index contributed by atoms with van der Waals surface area (Å²) < 4.78 is 47.5. The summed E-state index contributed by atoms with van der Waals surface area (Å²) in [6.07, 6.45) is 0.269. The Hall–Kier alpha value is -1.70. The Morgan fingerprint density at radius 1 is 1.28 bits per heavy atom. The number of nitrogens with two attached hydrogens (primary N) is 1. The summed E-state index contributed by atoms with van der Waals surface area (Å²) >= 11 is 0. The number of rotatable bonds is 10. The second kappa shape index (κ2) is 8.58. The van der Waals surface area contributed by atoms with Gasteiger partial charge in [0.05, 0.1) is 19.0 Å². The molecule has 0 saturated heterocycles. The monoisotopic (exact) mass is 475 g/mol. The van der Waals surface area contributed by atoms with Gasteiger partial charge in [-0.1, -0.05) is 6.08 Å². The molecule has 0 aliphatic carbocycles. The largest absolute Gasteiger partial charge is 0.488 e. The third-order valence-electron chi connectivity index (χ3n) is 3.02. The molecular formula is C10H16N5O11P3. The number of aromatic amines is 1. The molecule has 0 bridgehead atoms. The Morgan fingerprint density at radius 2 is 1.93 bits per heavy atom. The molecule has 3 unspecified atom stereocenters. The lowest BCUT2D eigenvalue weighted by atomic mass is 10.3. The number of ether oxygens (including phenoxy) is 1. The Labute approximate surface area is 161 Å². The van der Waals surface area contributed by atoms with Gasteiger partial charge in [0.15, 0.2) is 11.2 Å². The molecule has 29 heavy (non-hydrogen) atoms. The van der Waals surface area contributed by atoms with E-state index in [0.29, 0.717) is 0 Å². The molecule has 0 spiro atoms. The summed E-state index contributed by atoms with van der Waals surface area (Å²) in [5, 5.41) is 0. The highest BCUT2D eigenvalue weighted by atomic mass is 31.3. The molecule has 0 fully saturated rings. The molecule has 0 aliphatic rings. The van der Waals surface area contributed by atoms with Crippen LogP contribution < -0.4 is 11.3 Å². The number of fused-ring (bicyclic) bond motifs is 1. The van der Waals surface area contributed by atoms with Crippen LogP contribution in [0.15, 0.2) is 23.8 Å². The van der Waals surface area contributed by atoms with Crippen LogP contribution in [0.3, 0.4) is 0 Å². The van der Waals surface area contributed by atoms with Crippen molar-refractivity contribution < 1.29 is 46.6 Å². The number of nitrogens with zero attached hydrogens (tertiary/aromatic N) is 3. The van der Waals surface area contributed by atoms with Crippen molar-refractivity contribution in [1.82, 2.24) is 19.5 Å². The minimum absolute atomic E-state index is 0.0195. The number of imidazole rings is 1. The topological polar surface area (TPSA) is 249 Å². The van der Waals surface area contributed by atoms with E-state index < -0.39 is 41.3 Å². The first-order valence-corrected chi connectivity index (χ1v) is 12.1. The number of nitrogen functional groups attached to an aromatic ring is 1. The lowest BCUT2D eigenvalue weighted by Gasteiger charge is -2.19. The fourth-order valence-electron chi connectivity index (χ4n) is 2.02. The number of hydrogen-bond acceptors (Lipinski definition) is 10. The summed E-state index contributed by atoms with van der Waals surface area (Å²) in [5.74, 6) is -0.169. The van der Waals surface area contributed by atoms with Crippen LogP contribution in [0.25, 0.3) is 11.2 Å². The van der Waals surface area contributed by atoms with Gasteiger partial charge in [0.1, 0.15) is 6.35 Å². The summed E-state index contributed by atoms with van der Waals surface area (Å²) in [6.45, 7) is 3.36. The van der Waals surface area contributed by atoms with Gasteiger partial charge in [-0.25, -0.2) is 18.4 Å². The van der Waals surface area contributed by atoms with Crippen molar-refractivity contribution in [3.8, 4) is 0 Å². The average molecular weight is 475 g/mol. The number of hydrogen-bond donors (Lipinski definition) is 6. The van der Waals surface area contributed by atoms with Crippen LogP contribution >= 0.6 is 23.2 Å². The lowest BCUT2D eigenvalue weighted by Crippen LogP contribution is -2.19. The first-order valence-electron chi connectivity index (χ1n) is 7.29. The summed E-state index contributed by atoms with van der Waals surface area (Å²) in [6, 6.07) is 0. The highest BCUT2D eigenvalue weighted by molar-refractivity contribution is 7.68. The molecular weight excluding hydrogens is 459 g/mol. The van der Waals surface area contributed by atoms with E-state index in [0.717, 1.165) is 0 Å². The third-order valence-corrected chi connectivity index (χ3v) is 7.02. The Bertz CT molecular complexity index is 1110. The van der Waals surface area contributed by atoms with E-state index in [2.05, 4.69) is 30.2 Å². The first kappa shape index (κ1) is 23.6. The fourth-order valence-corrected chi connectivity index (χ4v) is 5.34. The Balaban J connectivity index is 2.08. The molecule has 0 aliphatic heterocycles. The van der Waals surface area contributed by atoms with Gasteiger partial charge in [0.2, 0.25) is 5.95 Å². The van der Waals surface area contributed by atoms with E-state index in [1.165, 1.54) is 17.0 Å². The van der Waals surface area contributed by atoms with E-state index in [9.17, 15) is 23.4 Å². The van der Waals surface area contributed by atoms with Crippen LogP contribution in [0.5, 0.6) is 0 Å². The predicted octanol–water partition coefficient (Wildman–Crippen LogP) is -0.358. The second-order valence-corrected chi connectivity index (χ2v) is 10.1. The zero-order valence-electron chi connectivity index (χ0n) is 14.3. The third kappa shape index (κ3) is 6.94. The number of aromatic nitrogens is 4. The number of phosphoric acid groups is 2. The predicted molar refractivity (Wildman–Crippen MR) is 96.4 cm³/mol. The molecule has 2 aromatic rings. The van der Waals surface area contributed by atoms with Crippen molar-refractivity contribution in [3.63, 3.8) is 0 Å². The van der Waals surface area contributed by atoms with Gasteiger partial charge in [-0.3, -0.25) is 14.3 Å². The van der Waals surface area contributed by atoms with E-state index in [1.54, 1.807) is 0 Å². The molecule has 0 amide bonds. The van der Waals surface area contributed by atoms with E-state index in [4.69, 9.17) is 25.2 Å². The van der Waals surface area contributed by atoms with Gasteiger partial charge in [0.25, 0.3) is 5.56 Å². The molecule has 19 heteroatoms. The molecule has 2 rings (SSSR count). The molecule has 2 heterocycles. The minimum Gasteiger partial charge on any atom is -0.369 e. The zero-order valence-corrected chi connectivity index (χ0v) is 16.9. The number of nitrogens with one attached hydrogen (secondary N) is 1. The van der Waals surface area contributed by atoms with Crippen LogP contribution in [-0.4, -0.2) is 51.5 Å². The van der Waals surface area contributed by atoms with Gasteiger partial charge in [-0.15, -0.1) is 6.58 Å². The maximum absolute atomic E-state index is 11.9. The van der Waals surface area contributed by atoms with Crippen molar-refractivity contribution in [2.45, 2.75) is 12.6 Å². The van der Waals surface area contributed by atoms with E-state index >= 15 is 0 Å². The first-order chi connectivity index (χ1) is 13.2. The van der Waals surface area contributed by atoms with Gasteiger partial charge >= 0.3 is 23.2 Å². The quantitative estimate of drug-likeness (QED) is 0.190. The van der Waals surface area contributed by atoms with E-state index in [-0.39, 0.29) is 23.7 Å². The summed E-state index contributed by atoms with van der Waals surface area (Å²) in [4.78, 5) is 57.5. The smallest absolute Gasteiger partial charge is 0.369 e. The van der Waals surface area contributed by atoms with Crippen molar-refractivity contribution in [2.24, 2.45) is 0 Å². The minimum atomic E-state index is -5.56. The van der Waals surface area contributed by atoms with Crippen LogP contribution in [-0.2, 0) is 33.6 Å². The van der Waals surface area contributed by atoms with Crippen molar-refractivity contribution >= 4 is 40.4 Å². The molecule has 0 aromatic carbocycles. The molecule has 162 valence electrons. The van der Waals surface area contributed by atoms with Gasteiger partial charge in [-0.2, -0.15) is 9.29 Å². The van der Waals surface area contributed by atoms with Crippen molar-refractivity contribution in [2.75, 3.05) is 12.1 Å². The van der Waals surface area contributed by atoms with Crippen LogP contribution in [0.1, 0.15) is 0 Å². The molecule has 3 atom stereocenters. The van der Waals surface area contributed by atoms with Crippen molar-refractivity contribution in [3.05, 3.63) is 29.3 Å². The molecule has 0 radical (unpaired) electrons. The van der Waals surface area contributed by atoms with Crippen LogP contribution in [0, 0.1) is 0 Å². The lowest BCUT2D eigenvalue weighted by molar-refractivity contribution is 0.0954. The maximum Gasteiger partial charge on any atom is 0.488 e. The SMILES string of the molecule is C=CC(Cn1cnc2c(=O)[nH]c(N)nc21)OCP(=O)(O)OP(=O)(O)OP(=O)(O)O.